The maximum atomic E-state index is 13.1. The van der Waals surface area contributed by atoms with Gasteiger partial charge in [0.1, 0.15) is 12.1 Å². The summed E-state index contributed by atoms with van der Waals surface area (Å²) in [7, 11) is 0. The fourth-order valence-corrected chi connectivity index (χ4v) is 7.42. The van der Waals surface area contributed by atoms with E-state index in [0.29, 0.717) is 6.42 Å². The van der Waals surface area contributed by atoms with Crippen molar-refractivity contribution in [3.8, 4) is 0 Å². The van der Waals surface area contributed by atoms with Crippen molar-refractivity contribution in [1.82, 2.24) is 19.9 Å². The maximum absolute atomic E-state index is 13.1. The summed E-state index contributed by atoms with van der Waals surface area (Å²) in [6.45, 7) is 2.59. The Balaban J connectivity index is 1.13. The lowest BCUT2D eigenvalue weighted by molar-refractivity contribution is -0.124. The van der Waals surface area contributed by atoms with Gasteiger partial charge in [-0.3, -0.25) is 14.7 Å². The molecule has 0 unspecified atom stereocenters. The zero-order valence-electron chi connectivity index (χ0n) is 18.1. The fraction of sp³-hybridized carbons (Fsp3) is 0.600. The number of fused-ring (bicyclic) bond motifs is 1. The van der Waals surface area contributed by atoms with Crippen LogP contribution in [0.15, 0.2) is 30.9 Å². The molecule has 0 radical (unpaired) electrons. The highest BCUT2D eigenvalue weighted by molar-refractivity contribution is 5.91. The average molecular weight is 418 g/mol. The Morgan fingerprint density at radius 2 is 1.90 bits per heavy atom. The molecule has 6 heteroatoms. The van der Waals surface area contributed by atoms with Crippen LogP contribution in [-0.4, -0.2) is 32.3 Å². The van der Waals surface area contributed by atoms with Crippen molar-refractivity contribution in [2.45, 2.75) is 64.5 Å². The van der Waals surface area contributed by atoms with Crippen molar-refractivity contribution < 1.29 is 4.79 Å². The number of aromatic nitrogens is 3. The van der Waals surface area contributed by atoms with Crippen LogP contribution in [0.25, 0.3) is 0 Å². The maximum Gasteiger partial charge on any atom is 0.226 e. The number of carbonyl (C=O) groups excluding carboxylic acids is 1. The van der Waals surface area contributed by atoms with E-state index in [1.807, 2.05) is 12.3 Å². The summed E-state index contributed by atoms with van der Waals surface area (Å²) in [5.41, 5.74) is 3.62. The van der Waals surface area contributed by atoms with E-state index in [2.05, 4.69) is 31.2 Å². The molecule has 5 aliphatic rings. The highest BCUT2D eigenvalue weighted by atomic mass is 16.1. The normalized spacial score (nSPS) is 31.4. The van der Waals surface area contributed by atoms with Crippen molar-refractivity contribution in [2.24, 2.45) is 23.2 Å². The minimum atomic E-state index is 0.153. The zero-order valence-corrected chi connectivity index (χ0v) is 18.1. The molecule has 0 saturated heterocycles. The Hall–Kier alpha value is -2.34. The number of hydrogen-bond donors (Lipinski definition) is 1. The van der Waals surface area contributed by atoms with Crippen molar-refractivity contribution in [3.63, 3.8) is 0 Å². The molecule has 31 heavy (non-hydrogen) atoms. The van der Waals surface area contributed by atoms with E-state index >= 15 is 0 Å². The Kier molecular flexibility index (Phi) is 4.78. The van der Waals surface area contributed by atoms with Crippen molar-refractivity contribution in [1.29, 1.82) is 0 Å². The molecular formula is C25H31N5O. The summed E-state index contributed by atoms with van der Waals surface area (Å²) in [6.07, 6.45) is 14.9. The molecule has 6 nitrogen and oxygen atoms in total. The highest BCUT2D eigenvalue weighted by Gasteiger charge is 2.51. The number of amides is 1. The predicted octanol–water partition coefficient (Wildman–Crippen LogP) is 3.97. The quantitative estimate of drug-likeness (QED) is 0.797. The third-order valence-electron chi connectivity index (χ3n) is 8.17. The molecule has 4 aliphatic carbocycles. The van der Waals surface area contributed by atoms with Crippen LogP contribution in [0.5, 0.6) is 0 Å². The molecule has 4 saturated carbocycles. The van der Waals surface area contributed by atoms with E-state index in [-0.39, 0.29) is 11.3 Å². The molecular weight excluding hydrogens is 386 g/mol. The monoisotopic (exact) mass is 417 g/mol. The zero-order chi connectivity index (χ0) is 20.8. The molecule has 2 aromatic heterocycles. The van der Waals surface area contributed by atoms with Gasteiger partial charge in [0.25, 0.3) is 0 Å². The van der Waals surface area contributed by atoms with Gasteiger partial charge in [0, 0.05) is 44.0 Å². The molecule has 0 atom stereocenters. The smallest absolute Gasteiger partial charge is 0.226 e. The van der Waals surface area contributed by atoms with E-state index in [4.69, 9.17) is 0 Å². The molecule has 4 fully saturated rings. The van der Waals surface area contributed by atoms with Gasteiger partial charge in [-0.25, -0.2) is 9.97 Å². The second-order valence-corrected chi connectivity index (χ2v) is 10.6. The van der Waals surface area contributed by atoms with Crippen LogP contribution in [-0.2, 0) is 24.3 Å². The standard InChI is InChI=1S/C25H31N5O/c31-23(12-25-9-18-6-19(10-25)8-20(7-18)11-25)29-24-21-3-5-30(15-22(21)27-16-28-24)14-17-2-1-4-26-13-17/h1-2,4,13,16,18-20H,3,5-12,14-15H2,(H,27,28,29,31). The number of nitrogens with zero attached hydrogens (tertiary/aromatic N) is 4. The molecule has 3 heterocycles. The van der Waals surface area contributed by atoms with E-state index in [1.54, 1.807) is 12.5 Å². The molecule has 0 spiro atoms. The predicted molar refractivity (Wildman–Crippen MR) is 118 cm³/mol. The first-order valence-electron chi connectivity index (χ1n) is 11.9. The summed E-state index contributed by atoms with van der Waals surface area (Å²) in [5.74, 6) is 3.51. The molecule has 1 amide bonds. The SMILES string of the molecule is O=C(CC12CC3CC(CC(C3)C1)C2)Nc1ncnc2c1CCN(Cc1cccnc1)C2. The van der Waals surface area contributed by atoms with Gasteiger partial charge in [0.15, 0.2) is 0 Å². The highest BCUT2D eigenvalue weighted by Crippen LogP contribution is 2.61. The van der Waals surface area contributed by atoms with Gasteiger partial charge < -0.3 is 5.32 Å². The Bertz CT molecular complexity index is 940. The first-order valence-corrected chi connectivity index (χ1v) is 11.9. The van der Waals surface area contributed by atoms with Crippen LogP contribution in [0.2, 0.25) is 0 Å². The van der Waals surface area contributed by atoms with Crippen LogP contribution < -0.4 is 5.32 Å². The first kappa shape index (κ1) is 19.4. The summed E-state index contributed by atoms with van der Waals surface area (Å²) in [6, 6.07) is 4.09. The number of hydrogen-bond acceptors (Lipinski definition) is 5. The van der Waals surface area contributed by atoms with E-state index in [0.717, 1.165) is 60.9 Å². The number of carbonyl (C=O) groups is 1. The second-order valence-electron chi connectivity index (χ2n) is 10.6. The minimum Gasteiger partial charge on any atom is -0.310 e. The Labute approximate surface area is 183 Å². The van der Waals surface area contributed by atoms with Gasteiger partial charge in [-0.15, -0.1) is 0 Å². The van der Waals surface area contributed by atoms with Crippen molar-refractivity contribution >= 4 is 11.7 Å². The molecule has 1 N–H and O–H groups in total. The third kappa shape index (κ3) is 3.86. The summed E-state index contributed by atoms with van der Waals surface area (Å²) in [5, 5.41) is 3.19. The van der Waals surface area contributed by atoms with Crippen molar-refractivity contribution in [2.75, 3.05) is 11.9 Å². The van der Waals surface area contributed by atoms with Gasteiger partial charge in [0.05, 0.1) is 5.69 Å². The molecule has 0 aromatic carbocycles. The number of nitrogens with one attached hydrogen (secondary N) is 1. The summed E-state index contributed by atoms with van der Waals surface area (Å²) < 4.78 is 0. The fourth-order valence-electron chi connectivity index (χ4n) is 7.42. The Morgan fingerprint density at radius 1 is 1.13 bits per heavy atom. The number of rotatable bonds is 5. The van der Waals surface area contributed by atoms with Gasteiger partial charge in [-0.1, -0.05) is 6.07 Å². The summed E-state index contributed by atoms with van der Waals surface area (Å²) >= 11 is 0. The molecule has 1 aliphatic heterocycles. The molecule has 162 valence electrons. The number of anilines is 1. The van der Waals surface area contributed by atoms with E-state index in [9.17, 15) is 4.79 Å². The minimum absolute atomic E-state index is 0.153. The van der Waals surface area contributed by atoms with Gasteiger partial charge in [-0.05, 0) is 79.7 Å². The second kappa shape index (κ2) is 7.66. The Morgan fingerprint density at radius 3 is 2.61 bits per heavy atom. The number of pyridine rings is 1. The van der Waals surface area contributed by atoms with Gasteiger partial charge in [-0.2, -0.15) is 0 Å². The first-order chi connectivity index (χ1) is 15.1. The van der Waals surface area contributed by atoms with Crippen LogP contribution in [0.3, 0.4) is 0 Å². The molecule has 4 bridgehead atoms. The van der Waals surface area contributed by atoms with Crippen LogP contribution >= 0.6 is 0 Å². The molecule has 2 aromatic rings. The van der Waals surface area contributed by atoms with E-state index in [1.165, 1.54) is 44.1 Å². The average Bonchev–Trinajstić information content (AvgIpc) is 2.73. The van der Waals surface area contributed by atoms with Gasteiger partial charge in [0.2, 0.25) is 5.91 Å². The van der Waals surface area contributed by atoms with Crippen LogP contribution in [0.4, 0.5) is 5.82 Å². The van der Waals surface area contributed by atoms with Crippen molar-refractivity contribution in [3.05, 3.63) is 47.7 Å². The third-order valence-corrected chi connectivity index (χ3v) is 8.17. The summed E-state index contributed by atoms with van der Waals surface area (Å²) in [4.78, 5) is 28.7. The van der Waals surface area contributed by atoms with Gasteiger partial charge >= 0.3 is 0 Å². The lowest BCUT2D eigenvalue weighted by atomic mass is 9.49. The lowest BCUT2D eigenvalue weighted by Gasteiger charge is -2.56. The largest absolute Gasteiger partial charge is 0.310 e. The van der Waals surface area contributed by atoms with Crippen LogP contribution in [0, 0.1) is 23.2 Å². The molecule has 7 rings (SSSR count). The van der Waals surface area contributed by atoms with E-state index < -0.39 is 0 Å². The van der Waals surface area contributed by atoms with Crippen LogP contribution in [0.1, 0.15) is 61.8 Å². The topological polar surface area (TPSA) is 71.0 Å². The lowest BCUT2D eigenvalue weighted by Crippen LogP contribution is -2.47.